The second-order valence-electron chi connectivity index (χ2n) is 10.3. The number of urea groups is 1. The van der Waals surface area contributed by atoms with Crippen molar-refractivity contribution in [2.45, 2.75) is 31.7 Å². The van der Waals surface area contributed by atoms with Crippen molar-refractivity contribution in [1.82, 2.24) is 25.1 Å². The Bertz CT molecular complexity index is 1470. The van der Waals surface area contributed by atoms with Crippen molar-refractivity contribution in [3.63, 3.8) is 0 Å². The molecule has 9 nitrogen and oxygen atoms in total. The number of piperazine rings is 1. The third-order valence-corrected chi connectivity index (χ3v) is 7.45. The molecule has 0 aliphatic carbocycles. The molecule has 4 amide bonds. The van der Waals surface area contributed by atoms with E-state index in [1.54, 1.807) is 35.4 Å². The summed E-state index contributed by atoms with van der Waals surface area (Å²) < 4.78 is 28.3. The molecule has 2 saturated heterocycles. The number of carbonyl (C=O) groups excluding carboxylic acids is 3. The number of nitrogen functional groups attached to an aromatic ring is 1. The van der Waals surface area contributed by atoms with Gasteiger partial charge in [0.25, 0.3) is 0 Å². The molecule has 0 bridgehead atoms. The lowest BCUT2D eigenvalue weighted by Crippen LogP contribution is -2.76. The van der Waals surface area contributed by atoms with Crippen LogP contribution in [-0.2, 0) is 29.1 Å². The lowest BCUT2D eigenvalue weighted by Gasteiger charge is -2.55. The number of carbonyl (C=O) groups is 3. The van der Waals surface area contributed by atoms with Crippen LogP contribution in [0.15, 0.2) is 85.5 Å². The van der Waals surface area contributed by atoms with Crippen LogP contribution >= 0.6 is 0 Å². The van der Waals surface area contributed by atoms with Crippen LogP contribution in [0.2, 0.25) is 0 Å². The Balaban J connectivity index is 1.50. The molecular formula is C31H32F2N6O3. The summed E-state index contributed by atoms with van der Waals surface area (Å²) in [5.41, 5.74) is 8.17. The van der Waals surface area contributed by atoms with Gasteiger partial charge in [-0.3, -0.25) is 9.59 Å². The number of nitrogens with zero attached hydrogens (tertiary/aromatic N) is 4. The number of hydrogen-bond acceptors (Lipinski definition) is 5. The van der Waals surface area contributed by atoms with Crippen molar-refractivity contribution in [2.24, 2.45) is 0 Å². The van der Waals surface area contributed by atoms with E-state index in [0.717, 1.165) is 23.3 Å². The third kappa shape index (κ3) is 6.10. The molecule has 2 fully saturated rings. The number of halogens is 2. The number of anilines is 1. The summed E-state index contributed by atoms with van der Waals surface area (Å²) in [7, 11) is 0. The molecule has 2 atom stereocenters. The van der Waals surface area contributed by atoms with Crippen LogP contribution < -0.4 is 11.1 Å². The average Bonchev–Trinajstić information content (AvgIpc) is 2.97. The van der Waals surface area contributed by atoms with Crippen molar-refractivity contribution in [3.05, 3.63) is 114 Å². The molecule has 0 unspecified atom stereocenters. The number of amides is 4. The summed E-state index contributed by atoms with van der Waals surface area (Å²) in [5.74, 6) is -2.24. The van der Waals surface area contributed by atoms with Crippen molar-refractivity contribution in [3.8, 4) is 0 Å². The number of hydrazine groups is 1. The molecule has 218 valence electrons. The Labute approximate surface area is 242 Å². The topological polar surface area (TPSA) is 102 Å². The standard InChI is InChI=1S/C31H32F2N6O3/c1-2-14-37-20-29(40)38-27(15-21-8-12-25(34)13-9-21)30(41)36(18-23-10-11-24(32)16-26(23)33)19-28(38)39(37)31(42)35-17-22-6-4-3-5-7-22/h2-13,16,27-28H,1,14-15,17-20,34H2,(H,35,42)/t27-,28-/m0/s1. The Kier molecular flexibility index (Phi) is 8.48. The molecule has 3 aromatic carbocycles. The second-order valence-corrected chi connectivity index (χ2v) is 10.3. The van der Waals surface area contributed by atoms with Crippen LogP contribution in [0.3, 0.4) is 0 Å². The lowest BCUT2D eigenvalue weighted by molar-refractivity contribution is -0.189. The van der Waals surface area contributed by atoms with Gasteiger partial charge in [-0.05, 0) is 29.3 Å². The van der Waals surface area contributed by atoms with Crippen molar-refractivity contribution < 1.29 is 23.2 Å². The zero-order valence-electron chi connectivity index (χ0n) is 23.0. The third-order valence-electron chi connectivity index (χ3n) is 7.45. The van der Waals surface area contributed by atoms with Crippen molar-refractivity contribution >= 4 is 23.5 Å². The van der Waals surface area contributed by atoms with E-state index in [4.69, 9.17) is 5.73 Å². The van der Waals surface area contributed by atoms with E-state index in [1.807, 2.05) is 30.3 Å². The highest BCUT2D eigenvalue weighted by molar-refractivity contribution is 5.91. The molecular weight excluding hydrogens is 542 g/mol. The summed E-state index contributed by atoms with van der Waals surface area (Å²) in [5, 5.41) is 5.95. The maximum absolute atomic E-state index is 14.7. The first-order valence-electron chi connectivity index (χ1n) is 13.6. The highest BCUT2D eigenvalue weighted by Crippen LogP contribution is 2.30. The minimum absolute atomic E-state index is 0.0774. The van der Waals surface area contributed by atoms with Crippen LogP contribution in [0.5, 0.6) is 0 Å². The predicted molar refractivity (Wildman–Crippen MR) is 153 cm³/mol. The van der Waals surface area contributed by atoms with E-state index in [9.17, 15) is 23.2 Å². The molecule has 42 heavy (non-hydrogen) atoms. The highest BCUT2D eigenvalue weighted by Gasteiger charge is 2.51. The van der Waals surface area contributed by atoms with Gasteiger partial charge >= 0.3 is 6.03 Å². The first kappa shape index (κ1) is 28.7. The number of nitrogens with two attached hydrogens (primary N) is 1. The van der Waals surface area contributed by atoms with Crippen LogP contribution in [0, 0.1) is 11.6 Å². The fourth-order valence-corrected chi connectivity index (χ4v) is 5.43. The number of benzene rings is 3. The largest absolute Gasteiger partial charge is 0.399 e. The van der Waals surface area contributed by atoms with Crippen molar-refractivity contribution in [1.29, 1.82) is 0 Å². The maximum Gasteiger partial charge on any atom is 0.334 e. The Hall–Kier alpha value is -4.77. The molecule has 0 radical (unpaired) electrons. The summed E-state index contributed by atoms with van der Waals surface area (Å²) in [6.45, 7) is 3.85. The minimum Gasteiger partial charge on any atom is -0.399 e. The van der Waals surface area contributed by atoms with Crippen LogP contribution in [-0.4, -0.2) is 69.5 Å². The molecule has 2 heterocycles. The quantitative estimate of drug-likeness (QED) is 0.318. The maximum atomic E-state index is 14.7. The Morgan fingerprint density at radius 3 is 2.45 bits per heavy atom. The van der Waals surface area contributed by atoms with Gasteiger partial charge in [0.2, 0.25) is 11.8 Å². The second kappa shape index (κ2) is 12.4. The van der Waals surface area contributed by atoms with Gasteiger partial charge in [0, 0.05) is 43.4 Å². The fourth-order valence-electron chi connectivity index (χ4n) is 5.43. The normalized spacial score (nSPS) is 19.0. The van der Waals surface area contributed by atoms with Crippen LogP contribution in [0.1, 0.15) is 16.7 Å². The zero-order chi connectivity index (χ0) is 29.8. The SMILES string of the molecule is C=CCN1CC(=O)N2[C@@H](Cc3ccc(N)cc3)C(=O)N(Cc3ccc(F)cc3F)C[C@@H]2N1C(=O)NCc1ccccc1. The summed E-state index contributed by atoms with van der Waals surface area (Å²) >= 11 is 0. The van der Waals surface area contributed by atoms with Gasteiger partial charge in [-0.25, -0.2) is 23.6 Å². The van der Waals surface area contributed by atoms with Crippen LogP contribution in [0.25, 0.3) is 0 Å². The van der Waals surface area contributed by atoms with Gasteiger partial charge in [0.1, 0.15) is 23.8 Å². The van der Waals surface area contributed by atoms with Gasteiger partial charge in [0.15, 0.2) is 0 Å². The van der Waals surface area contributed by atoms with Gasteiger partial charge in [0.05, 0.1) is 13.1 Å². The monoisotopic (exact) mass is 574 g/mol. The fraction of sp³-hybridized carbons (Fsp3) is 0.258. The lowest BCUT2D eigenvalue weighted by atomic mass is 9.98. The van der Waals surface area contributed by atoms with Gasteiger partial charge in [-0.1, -0.05) is 54.6 Å². The number of fused-ring (bicyclic) bond motifs is 1. The van der Waals surface area contributed by atoms with Gasteiger partial charge < -0.3 is 20.9 Å². The van der Waals surface area contributed by atoms with E-state index in [-0.39, 0.29) is 50.6 Å². The molecule has 0 saturated carbocycles. The molecule has 11 heteroatoms. The summed E-state index contributed by atoms with van der Waals surface area (Å²) in [6, 6.07) is 18.1. The smallest absolute Gasteiger partial charge is 0.334 e. The summed E-state index contributed by atoms with van der Waals surface area (Å²) in [6.07, 6.45) is 0.860. The molecule has 3 aromatic rings. The number of hydrogen-bond donors (Lipinski definition) is 2. The van der Waals surface area contributed by atoms with E-state index in [0.29, 0.717) is 5.69 Å². The Morgan fingerprint density at radius 2 is 1.76 bits per heavy atom. The molecule has 2 aliphatic rings. The predicted octanol–water partition coefficient (Wildman–Crippen LogP) is 3.28. The van der Waals surface area contributed by atoms with E-state index < -0.39 is 35.8 Å². The first-order chi connectivity index (χ1) is 20.2. The number of nitrogens with one attached hydrogen (secondary N) is 1. The average molecular weight is 575 g/mol. The van der Waals surface area contributed by atoms with Crippen molar-refractivity contribution in [2.75, 3.05) is 25.4 Å². The molecule has 3 N–H and O–H groups in total. The Morgan fingerprint density at radius 1 is 1.02 bits per heavy atom. The van der Waals surface area contributed by atoms with Gasteiger partial charge in [-0.15, -0.1) is 6.58 Å². The van der Waals surface area contributed by atoms with E-state index in [1.165, 1.54) is 20.9 Å². The highest BCUT2D eigenvalue weighted by atomic mass is 19.1. The van der Waals surface area contributed by atoms with Crippen LogP contribution in [0.4, 0.5) is 19.3 Å². The zero-order valence-corrected chi connectivity index (χ0v) is 23.0. The molecule has 0 aromatic heterocycles. The van der Waals surface area contributed by atoms with E-state index >= 15 is 0 Å². The summed E-state index contributed by atoms with van der Waals surface area (Å²) in [4.78, 5) is 44.2. The van der Waals surface area contributed by atoms with E-state index in [2.05, 4.69) is 11.9 Å². The van der Waals surface area contributed by atoms with Gasteiger partial charge in [-0.2, -0.15) is 0 Å². The molecule has 0 spiro atoms. The molecule has 5 rings (SSSR count). The number of rotatable bonds is 8. The molecule has 2 aliphatic heterocycles. The first-order valence-corrected chi connectivity index (χ1v) is 13.6. The minimum atomic E-state index is -0.973.